The van der Waals surface area contributed by atoms with Crippen LogP contribution in [0.25, 0.3) is 0 Å². The van der Waals surface area contributed by atoms with Crippen molar-refractivity contribution < 1.29 is 4.79 Å². The highest BCUT2D eigenvalue weighted by molar-refractivity contribution is 5.86. The first-order valence-electron chi connectivity index (χ1n) is 6.28. The van der Waals surface area contributed by atoms with E-state index < -0.39 is 0 Å². The highest BCUT2D eigenvalue weighted by Gasteiger charge is 2.31. The van der Waals surface area contributed by atoms with Gasteiger partial charge in [0.25, 0.3) is 0 Å². The van der Waals surface area contributed by atoms with E-state index in [9.17, 15) is 4.79 Å². The molecule has 17 heavy (non-hydrogen) atoms. The van der Waals surface area contributed by atoms with Crippen LogP contribution in [0.15, 0.2) is 24.3 Å². The molecule has 3 N–H and O–H groups in total. The van der Waals surface area contributed by atoms with E-state index in [2.05, 4.69) is 18.3 Å². The predicted octanol–water partition coefficient (Wildman–Crippen LogP) is 1.43. The molecule has 2 rings (SSSR count). The second-order valence-corrected chi connectivity index (χ2v) is 4.88. The SMILES string of the molecule is CC(CCN)CNC(=O)C1Cc2ccccc21. The van der Waals surface area contributed by atoms with Gasteiger partial charge in [-0.25, -0.2) is 0 Å². The first-order valence-corrected chi connectivity index (χ1v) is 6.28. The minimum atomic E-state index is 0.0660. The van der Waals surface area contributed by atoms with Crippen LogP contribution >= 0.6 is 0 Å². The van der Waals surface area contributed by atoms with Gasteiger partial charge in [0.15, 0.2) is 0 Å². The zero-order valence-electron chi connectivity index (χ0n) is 10.3. The van der Waals surface area contributed by atoms with Crippen LogP contribution in [0.3, 0.4) is 0 Å². The summed E-state index contributed by atoms with van der Waals surface area (Å²) in [5, 5.41) is 3.02. The Morgan fingerprint density at radius 3 is 3.00 bits per heavy atom. The van der Waals surface area contributed by atoms with Crippen LogP contribution in [0, 0.1) is 5.92 Å². The third-order valence-corrected chi connectivity index (χ3v) is 3.46. The number of carbonyl (C=O) groups excluding carboxylic acids is 1. The molecule has 0 spiro atoms. The minimum absolute atomic E-state index is 0.0660. The fraction of sp³-hybridized carbons (Fsp3) is 0.500. The molecule has 1 aliphatic carbocycles. The Morgan fingerprint density at radius 1 is 1.53 bits per heavy atom. The molecule has 1 aromatic carbocycles. The monoisotopic (exact) mass is 232 g/mol. The molecule has 1 aliphatic rings. The average Bonchev–Trinajstić information content (AvgIpc) is 2.28. The van der Waals surface area contributed by atoms with Gasteiger partial charge in [-0.1, -0.05) is 31.2 Å². The molecular weight excluding hydrogens is 212 g/mol. The lowest BCUT2D eigenvalue weighted by Gasteiger charge is -2.29. The summed E-state index contributed by atoms with van der Waals surface area (Å²) in [6, 6.07) is 8.16. The summed E-state index contributed by atoms with van der Waals surface area (Å²) in [5.41, 5.74) is 7.98. The molecule has 0 fully saturated rings. The van der Waals surface area contributed by atoms with Gasteiger partial charge in [0.2, 0.25) is 5.91 Å². The van der Waals surface area contributed by atoms with Crippen molar-refractivity contribution in [1.82, 2.24) is 5.32 Å². The van der Waals surface area contributed by atoms with Gasteiger partial charge in [0.05, 0.1) is 5.92 Å². The number of amides is 1. The van der Waals surface area contributed by atoms with E-state index in [4.69, 9.17) is 5.73 Å². The lowest BCUT2D eigenvalue weighted by atomic mass is 9.77. The largest absolute Gasteiger partial charge is 0.355 e. The smallest absolute Gasteiger partial charge is 0.227 e. The maximum absolute atomic E-state index is 12.0. The Morgan fingerprint density at radius 2 is 2.29 bits per heavy atom. The quantitative estimate of drug-likeness (QED) is 0.807. The van der Waals surface area contributed by atoms with Crippen LogP contribution in [0.1, 0.15) is 30.4 Å². The molecule has 0 heterocycles. The zero-order valence-corrected chi connectivity index (χ0v) is 10.3. The fourth-order valence-electron chi connectivity index (χ4n) is 2.28. The number of hydrogen-bond acceptors (Lipinski definition) is 2. The third kappa shape index (κ3) is 2.67. The van der Waals surface area contributed by atoms with Gasteiger partial charge in [0, 0.05) is 6.54 Å². The predicted molar refractivity (Wildman–Crippen MR) is 68.7 cm³/mol. The first-order chi connectivity index (χ1) is 8.22. The fourth-order valence-corrected chi connectivity index (χ4v) is 2.28. The topological polar surface area (TPSA) is 55.1 Å². The van der Waals surface area contributed by atoms with E-state index in [1.165, 1.54) is 11.1 Å². The Balaban J connectivity index is 1.83. The van der Waals surface area contributed by atoms with Crippen molar-refractivity contribution in [3.8, 4) is 0 Å². The molecule has 0 saturated heterocycles. The van der Waals surface area contributed by atoms with Crippen LogP contribution in [0.5, 0.6) is 0 Å². The average molecular weight is 232 g/mol. The van der Waals surface area contributed by atoms with Crippen molar-refractivity contribution in [3.05, 3.63) is 35.4 Å². The normalized spacial score (nSPS) is 19.1. The van der Waals surface area contributed by atoms with Crippen LogP contribution in [-0.2, 0) is 11.2 Å². The van der Waals surface area contributed by atoms with Gasteiger partial charge >= 0.3 is 0 Å². The minimum Gasteiger partial charge on any atom is -0.355 e. The molecule has 0 bridgehead atoms. The highest BCUT2D eigenvalue weighted by Crippen LogP contribution is 2.34. The summed E-state index contributed by atoms with van der Waals surface area (Å²) in [7, 11) is 0. The van der Waals surface area contributed by atoms with E-state index in [0.717, 1.165) is 19.4 Å². The Bertz CT molecular complexity index is 403. The molecule has 2 atom stereocenters. The van der Waals surface area contributed by atoms with Crippen molar-refractivity contribution in [2.24, 2.45) is 11.7 Å². The van der Waals surface area contributed by atoms with Crippen molar-refractivity contribution in [2.75, 3.05) is 13.1 Å². The molecule has 1 aromatic rings. The summed E-state index contributed by atoms with van der Waals surface area (Å²) in [6.07, 6.45) is 1.84. The van der Waals surface area contributed by atoms with Crippen molar-refractivity contribution in [2.45, 2.75) is 25.7 Å². The van der Waals surface area contributed by atoms with Crippen LogP contribution in [0.2, 0.25) is 0 Å². The Hall–Kier alpha value is -1.35. The van der Waals surface area contributed by atoms with Crippen molar-refractivity contribution >= 4 is 5.91 Å². The number of rotatable bonds is 5. The maximum Gasteiger partial charge on any atom is 0.227 e. The van der Waals surface area contributed by atoms with Crippen LogP contribution < -0.4 is 11.1 Å². The standard InChI is InChI=1S/C14H20N2O/c1-10(6-7-15)9-16-14(17)13-8-11-4-2-3-5-12(11)13/h2-5,10,13H,6-9,15H2,1H3,(H,16,17). The molecule has 2 unspecified atom stereocenters. The van der Waals surface area contributed by atoms with E-state index >= 15 is 0 Å². The number of carbonyl (C=O) groups is 1. The Labute approximate surface area is 102 Å². The molecule has 0 aromatic heterocycles. The lowest BCUT2D eigenvalue weighted by Crippen LogP contribution is -2.37. The molecule has 3 heteroatoms. The second kappa shape index (κ2) is 5.32. The van der Waals surface area contributed by atoms with Gasteiger partial charge in [-0.3, -0.25) is 4.79 Å². The van der Waals surface area contributed by atoms with Gasteiger partial charge in [-0.15, -0.1) is 0 Å². The van der Waals surface area contributed by atoms with Gasteiger partial charge < -0.3 is 11.1 Å². The van der Waals surface area contributed by atoms with Gasteiger partial charge in [-0.05, 0) is 36.4 Å². The summed E-state index contributed by atoms with van der Waals surface area (Å²) in [4.78, 5) is 12.0. The number of nitrogens with one attached hydrogen (secondary N) is 1. The second-order valence-electron chi connectivity index (χ2n) is 4.88. The van der Waals surface area contributed by atoms with E-state index in [1.807, 2.05) is 18.2 Å². The molecule has 0 radical (unpaired) electrons. The molecule has 92 valence electrons. The van der Waals surface area contributed by atoms with Crippen LogP contribution in [-0.4, -0.2) is 19.0 Å². The van der Waals surface area contributed by atoms with Crippen LogP contribution in [0.4, 0.5) is 0 Å². The van der Waals surface area contributed by atoms with Crippen molar-refractivity contribution in [1.29, 1.82) is 0 Å². The molecule has 0 aliphatic heterocycles. The van der Waals surface area contributed by atoms with E-state index in [0.29, 0.717) is 12.5 Å². The third-order valence-electron chi connectivity index (χ3n) is 3.46. The zero-order chi connectivity index (χ0) is 12.3. The van der Waals surface area contributed by atoms with E-state index in [-0.39, 0.29) is 11.8 Å². The summed E-state index contributed by atoms with van der Waals surface area (Å²) in [6.45, 7) is 3.53. The number of benzene rings is 1. The number of nitrogens with two attached hydrogens (primary N) is 1. The first kappa shape index (κ1) is 12.1. The number of fused-ring (bicyclic) bond motifs is 1. The van der Waals surface area contributed by atoms with Gasteiger partial charge in [-0.2, -0.15) is 0 Å². The van der Waals surface area contributed by atoms with Crippen molar-refractivity contribution in [3.63, 3.8) is 0 Å². The molecule has 3 nitrogen and oxygen atoms in total. The molecule has 1 amide bonds. The molecule has 0 saturated carbocycles. The van der Waals surface area contributed by atoms with E-state index in [1.54, 1.807) is 0 Å². The highest BCUT2D eigenvalue weighted by atomic mass is 16.1. The maximum atomic E-state index is 12.0. The molecular formula is C14H20N2O. The van der Waals surface area contributed by atoms with Gasteiger partial charge in [0.1, 0.15) is 0 Å². The lowest BCUT2D eigenvalue weighted by molar-refractivity contribution is -0.123. The number of hydrogen-bond donors (Lipinski definition) is 2. The summed E-state index contributed by atoms with van der Waals surface area (Å²) >= 11 is 0. The summed E-state index contributed by atoms with van der Waals surface area (Å²) < 4.78 is 0. The summed E-state index contributed by atoms with van der Waals surface area (Å²) in [5.74, 6) is 0.683. The Kier molecular flexibility index (Phi) is 3.79.